The lowest BCUT2D eigenvalue weighted by Crippen LogP contribution is -2.43. The number of ether oxygens (including phenoxy) is 2. The molecule has 2 rings (SSSR count). The van der Waals surface area contributed by atoms with Gasteiger partial charge in [0.15, 0.2) is 5.96 Å². The summed E-state index contributed by atoms with van der Waals surface area (Å²) in [4.78, 5) is 7.62. The Bertz CT molecular complexity index is 415. The Balaban J connectivity index is 1.73. The lowest BCUT2D eigenvalue weighted by Gasteiger charge is -2.32. The first kappa shape index (κ1) is 23.4. The monoisotopic (exact) mass is 396 g/mol. The van der Waals surface area contributed by atoms with Crippen molar-refractivity contribution in [2.24, 2.45) is 16.8 Å². The van der Waals surface area contributed by atoms with Crippen molar-refractivity contribution < 1.29 is 9.47 Å². The molecule has 2 heterocycles. The van der Waals surface area contributed by atoms with E-state index >= 15 is 0 Å². The lowest BCUT2D eigenvalue weighted by atomic mass is 9.93. The quantitative estimate of drug-likeness (QED) is 0.285. The topological polar surface area (TPSA) is 58.1 Å². The number of hydrogen-bond donors (Lipinski definition) is 2. The summed E-state index contributed by atoms with van der Waals surface area (Å²) in [6.45, 7) is 15.3. The minimum atomic E-state index is 0.574. The molecule has 2 N–H and O–H groups in total. The smallest absolute Gasteiger partial charge is 0.191 e. The Morgan fingerprint density at radius 1 is 1.18 bits per heavy atom. The number of nitrogens with zero attached hydrogens (tertiary/aromatic N) is 2. The molecule has 2 saturated heterocycles. The van der Waals surface area contributed by atoms with Gasteiger partial charge in [-0.15, -0.1) is 0 Å². The number of nitrogens with one attached hydrogen (secondary N) is 2. The van der Waals surface area contributed by atoms with Gasteiger partial charge in [0.25, 0.3) is 0 Å². The Kier molecular flexibility index (Phi) is 11.9. The van der Waals surface area contributed by atoms with Crippen molar-refractivity contribution in [1.82, 2.24) is 15.5 Å². The maximum Gasteiger partial charge on any atom is 0.191 e. The zero-order valence-corrected chi connectivity index (χ0v) is 18.5. The van der Waals surface area contributed by atoms with Crippen molar-refractivity contribution >= 4 is 5.96 Å². The van der Waals surface area contributed by atoms with Gasteiger partial charge in [0, 0.05) is 38.3 Å². The van der Waals surface area contributed by atoms with E-state index in [0.717, 1.165) is 70.8 Å². The van der Waals surface area contributed by atoms with E-state index in [1.165, 1.54) is 38.8 Å². The van der Waals surface area contributed by atoms with E-state index in [-0.39, 0.29) is 0 Å². The summed E-state index contributed by atoms with van der Waals surface area (Å²) in [6, 6.07) is 0.574. The van der Waals surface area contributed by atoms with Crippen LogP contribution in [-0.4, -0.2) is 76.1 Å². The summed E-state index contributed by atoms with van der Waals surface area (Å²) >= 11 is 0. The highest BCUT2D eigenvalue weighted by Gasteiger charge is 2.27. The van der Waals surface area contributed by atoms with E-state index in [1.54, 1.807) is 0 Å². The molecule has 0 saturated carbocycles. The van der Waals surface area contributed by atoms with E-state index in [2.05, 4.69) is 36.3 Å². The number of aliphatic imine (C=N–C) groups is 1. The third-order valence-electron chi connectivity index (χ3n) is 6.12. The van der Waals surface area contributed by atoms with E-state index < -0.39 is 0 Å². The van der Waals surface area contributed by atoms with Crippen LogP contribution in [0, 0.1) is 11.8 Å². The Hall–Kier alpha value is -0.850. The van der Waals surface area contributed by atoms with Crippen molar-refractivity contribution in [3.05, 3.63) is 0 Å². The van der Waals surface area contributed by atoms with Gasteiger partial charge < -0.3 is 20.1 Å². The maximum absolute atomic E-state index is 5.80. The molecule has 2 atom stereocenters. The van der Waals surface area contributed by atoms with Crippen LogP contribution in [0.3, 0.4) is 0 Å². The second-order valence-electron chi connectivity index (χ2n) is 8.19. The predicted octanol–water partition coefficient (Wildman–Crippen LogP) is 2.89. The molecule has 2 unspecified atom stereocenters. The third kappa shape index (κ3) is 8.26. The number of rotatable bonds is 13. The number of likely N-dealkylation sites (tertiary alicyclic amines) is 1. The highest BCUT2D eigenvalue weighted by Crippen LogP contribution is 2.23. The molecule has 0 aromatic rings. The van der Waals surface area contributed by atoms with Gasteiger partial charge in [-0.05, 0) is 51.6 Å². The Labute approximate surface area is 172 Å². The maximum atomic E-state index is 5.80. The molecule has 0 bridgehead atoms. The largest absolute Gasteiger partial charge is 0.381 e. The van der Waals surface area contributed by atoms with Crippen molar-refractivity contribution in [2.45, 2.75) is 65.3 Å². The van der Waals surface area contributed by atoms with Crippen LogP contribution in [0.5, 0.6) is 0 Å². The summed E-state index contributed by atoms with van der Waals surface area (Å²) in [5, 5.41) is 6.89. The van der Waals surface area contributed by atoms with Crippen LogP contribution in [-0.2, 0) is 9.47 Å². The summed E-state index contributed by atoms with van der Waals surface area (Å²) in [6.07, 6.45) is 7.29. The van der Waals surface area contributed by atoms with E-state index in [0.29, 0.717) is 12.0 Å². The molecule has 28 heavy (non-hydrogen) atoms. The van der Waals surface area contributed by atoms with Crippen LogP contribution < -0.4 is 10.6 Å². The Morgan fingerprint density at radius 2 is 1.96 bits per heavy atom. The van der Waals surface area contributed by atoms with Crippen LogP contribution in [0.4, 0.5) is 0 Å². The first-order valence-electron chi connectivity index (χ1n) is 11.7. The number of guanidine groups is 1. The fraction of sp³-hybridized carbons (Fsp3) is 0.955. The van der Waals surface area contributed by atoms with Gasteiger partial charge in [0.2, 0.25) is 0 Å². The van der Waals surface area contributed by atoms with Gasteiger partial charge in [-0.1, -0.05) is 26.7 Å². The summed E-state index contributed by atoms with van der Waals surface area (Å²) < 4.78 is 11.2. The highest BCUT2D eigenvalue weighted by atomic mass is 16.5. The second kappa shape index (κ2) is 14.2. The molecule has 0 aromatic carbocycles. The van der Waals surface area contributed by atoms with Gasteiger partial charge in [-0.2, -0.15) is 0 Å². The van der Waals surface area contributed by atoms with Gasteiger partial charge in [-0.3, -0.25) is 9.89 Å². The molecule has 2 aliphatic rings. The predicted molar refractivity (Wildman–Crippen MR) is 117 cm³/mol. The molecular formula is C22H44N4O2. The summed E-state index contributed by atoms with van der Waals surface area (Å²) in [5.41, 5.74) is 0. The van der Waals surface area contributed by atoms with Gasteiger partial charge >= 0.3 is 0 Å². The second-order valence-corrected chi connectivity index (χ2v) is 8.19. The van der Waals surface area contributed by atoms with Crippen LogP contribution in [0.15, 0.2) is 4.99 Å². The molecule has 6 nitrogen and oxygen atoms in total. The molecule has 0 aromatic heterocycles. The SMILES string of the molecule is CCNC(=NCC(C(CC)CC)N1CCCC1)NCCCOCC1CCOC1. The Morgan fingerprint density at radius 3 is 2.61 bits per heavy atom. The normalized spacial score (nSPS) is 22.1. The van der Waals surface area contributed by atoms with Crippen molar-refractivity contribution in [2.75, 3.05) is 59.2 Å². The van der Waals surface area contributed by atoms with E-state index in [1.807, 2.05) is 0 Å². The molecule has 0 radical (unpaired) electrons. The highest BCUT2D eigenvalue weighted by molar-refractivity contribution is 5.79. The minimum absolute atomic E-state index is 0.574. The summed E-state index contributed by atoms with van der Waals surface area (Å²) in [5.74, 6) is 2.28. The first-order valence-corrected chi connectivity index (χ1v) is 11.7. The van der Waals surface area contributed by atoms with Gasteiger partial charge in [0.05, 0.1) is 19.8 Å². The lowest BCUT2D eigenvalue weighted by molar-refractivity contribution is 0.0888. The minimum Gasteiger partial charge on any atom is -0.381 e. The first-order chi connectivity index (χ1) is 13.8. The number of hydrogen-bond acceptors (Lipinski definition) is 4. The van der Waals surface area contributed by atoms with Gasteiger partial charge in [-0.25, -0.2) is 0 Å². The third-order valence-corrected chi connectivity index (χ3v) is 6.12. The van der Waals surface area contributed by atoms with Crippen molar-refractivity contribution in [3.63, 3.8) is 0 Å². The zero-order chi connectivity index (χ0) is 20.0. The molecule has 6 heteroatoms. The molecule has 164 valence electrons. The molecule has 0 spiro atoms. The average Bonchev–Trinajstić information content (AvgIpc) is 3.41. The van der Waals surface area contributed by atoms with Crippen LogP contribution in [0.1, 0.15) is 59.3 Å². The van der Waals surface area contributed by atoms with Crippen LogP contribution in [0.25, 0.3) is 0 Å². The molecular weight excluding hydrogens is 352 g/mol. The average molecular weight is 397 g/mol. The fourth-order valence-electron chi connectivity index (χ4n) is 4.34. The van der Waals surface area contributed by atoms with E-state index in [9.17, 15) is 0 Å². The fourth-order valence-corrected chi connectivity index (χ4v) is 4.34. The molecule has 0 amide bonds. The van der Waals surface area contributed by atoms with Gasteiger partial charge in [0.1, 0.15) is 0 Å². The van der Waals surface area contributed by atoms with E-state index in [4.69, 9.17) is 14.5 Å². The molecule has 2 fully saturated rings. The molecule has 2 aliphatic heterocycles. The zero-order valence-electron chi connectivity index (χ0n) is 18.5. The standard InChI is InChI=1S/C22H44N4O2/c1-4-20(5-2)21(26-12-7-8-13-26)16-25-22(23-6-3)24-11-9-14-27-17-19-10-15-28-18-19/h19-21H,4-18H2,1-3H3,(H2,23,24,25). The van der Waals surface area contributed by atoms with Crippen LogP contribution in [0.2, 0.25) is 0 Å². The van der Waals surface area contributed by atoms with Crippen LogP contribution >= 0.6 is 0 Å². The molecule has 0 aliphatic carbocycles. The summed E-state index contributed by atoms with van der Waals surface area (Å²) in [7, 11) is 0. The van der Waals surface area contributed by atoms with Crippen molar-refractivity contribution in [1.29, 1.82) is 0 Å². The van der Waals surface area contributed by atoms with Crippen molar-refractivity contribution in [3.8, 4) is 0 Å².